The third-order valence-corrected chi connectivity index (χ3v) is 2.91. The molecule has 2 aromatic rings. The Morgan fingerprint density at radius 2 is 1.87 bits per heavy atom. The van der Waals surface area contributed by atoms with E-state index in [9.17, 15) is 23.3 Å². The first kappa shape index (κ1) is 16.5. The highest BCUT2D eigenvalue weighted by Gasteiger charge is 2.30. The number of benzene rings is 2. The molecule has 0 saturated heterocycles. The fraction of sp³-hybridized carbons (Fsp3) is 0.125. The van der Waals surface area contributed by atoms with Crippen LogP contribution in [0, 0.1) is 10.1 Å². The molecule has 7 heteroatoms. The van der Waals surface area contributed by atoms with Gasteiger partial charge in [-0.05, 0) is 35.4 Å². The third-order valence-electron chi connectivity index (χ3n) is 2.91. The van der Waals surface area contributed by atoms with Gasteiger partial charge in [0.2, 0.25) is 6.20 Å². The molecule has 0 aliphatic carbocycles. The van der Waals surface area contributed by atoms with Crippen molar-refractivity contribution in [3.05, 3.63) is 81.5 Å². The van der Waals surface area contributed by atoms with Crippen LogP contribution >= 0.6 is 0 Å². The topological polar surface area (TPSA) is 52.4 Å². The van der Waals surface area contributed by atoms with Crippen LogP contribution < -0.4 is 4.74 Å². The van der Waals surface area contributed by atoms with E-state index in [1.807, 2.05) is 0 Å². The first-order chi connectivity index (χ1) is 10.8. The van der Waals surface area contributed by atoms with Gasteiger partial charge in [0, 0.05) is 6.08 Å². The summed E-state index contributed by atoms with van der Waals surface area (Å²) in [5.74, 6) is 0.410. The molecule has 0 amide bonds. The van der Waals surface area contributed by atoms with Gasteiger partial charge in [-0.2, -0.15) is 13.2 Å². The van der Waals surface area contributed by atoms with Crippen molar-refractivity contribution in [2.24, 2.45) is 0 Å². The first-order valence-electron chi connectivity index (χ1n) is 6.55. The Bertz CT molecular complexity index is 727. The number of halogens is 3. The molecule has 0 unspecified atom stereocenters. The maximum absolute atomic E-state index is 12.6. The molecule has 0 radical (unpaired) electrons. The SMILES string of the molecule is O=[N+]([O-])/C=C/c1cccc(OCc2cccc(C(F)(F)F)c2)c1. The number of nitrogens with zero attached hydrogens (tertiary/aromatic N) is 1. The summed E-state index contributed by atoms with van der Waals surface area (Å²) in [6.45, 7) is -0.0354. The van der Waals surface area contributed by atoms with Crippen molar-refractivity contribution < 1.29 is 22.8 Å². The summed E-state index contributed by atoms with van der Waals surface area (Å²) in [5, 5.41) is 10.3. The molecular weight excluding hydrogens is 311 g/mol. The van der Waals surface area contributed by atoms with Crippen LogP contribution in [0.4, 0.5) is 13.2 Å². The molecule has 4 nitrogen and oxygen atoms in total. The lowest BCUT2D eigenvalue weighted by Gasteiger charge is -2.10. The van der Waals surface area contributed by atoms with Gasteiger partial charge in [-0.1, -0.05) is 24.3 Å². The fourth-order valence-electron chi connectivity index (χ4n) is 1.86. The largest absolute Gasteiger partial charge is 0.489 e. The van der Waals surface area contributed by atoms with Gasteiger partial charge in [0.05, 0.1) is 10.5 Å². The average Bonchev–Trinajstić information content (AvgIpc) is 2.51. The van der Waals surface area contributed by atoms with E-state index in [-0.39, 0.29) is 6.61 Å². The molecule has 120 valence electrons. The van der Waals surface area contributed by atoms with Gasteiger partial charge in [0.15, 0.2) is 0 Å². The lowest BCUT2D eigenvalue weighted by atomic mass is 10.1. The maximum Gasteiger partial charge on any atom is 0.416 e. The molecule has 0 aliphatic heterocycles. The Morgan fingerprint density at radius 1 is 1.13 bits per heavy atom. The van der Waals surface area contributed by atoms with Crippen LogP contribution in [0.25, 0.3) is 6.08 Å². The second-order valence-electron chi connectivity index (χ2n) is 4.66. The maximum atomic E-state index is 12.6. The summed E-state index contributed by atoms with van der Waals surface area (Å²) in [6.07, 6.45) is -2.30. The number of alkyl halides is 3. The summed E-state index contributed by atoms with van der Waals surface area (Å²) in [6, 6.07) is 11.3. The van der Waals surface area contributed by atoms with E-state index in [2.05, 4.69) is 0 Å². The summed E-state index contributed by atoms with van der Waals surface area (Å²) in [5.41, 5.74) is 0.204. The molecule has 0 fully saturated rings. The summed E-state index contributed by atoms with van der Waals surface area (Å²) in [4.78, 5) is 9.69. The molecule has 2 aromatic carbocycles. The zero-order chi connectivity index (χ0) is 16.9. The number of ether oxygens (including phenoxy) is 1. The monoisotopic (exact) mass is 323 g/mol. The average molecular weight is 323 g/mol. The van der Waals surface area contributed by atoms with Crippen molar-refractivity contribution in [1.82, 2.24) is 0 Å². The predicted octanol–water partition coefficient (Wildman–Crippen LogP) is 4.53. The minimum Gasteiger partial charge on any atom is -0.489 e. The van der Waals surface area contributed by atoms with E-state index >= 15 is 0 Å². The lowest BCUT2D eigenvalue weighted by Crippen LogP contribution is -2.06. The van der Waals surface area contributed by atoms with E-state index in [1.165, 1.54) is 18.2 Å². The first-order valence-corrected chi connectivity index (χ1v) is 6.55. The zero-order valence-corrected chi connectivity index (χ0v) is 11.8. The highest BCUT2D eigenvalue weighted by atomic mass is 19.4. The van der Waals surface area contributed by atoms with E-state index in [1.54, 1.807) is 24.3 Å². The van der Waals surface area contributed by atoms with Crippen molar-refractivity contribution in [2.75, 3.05) is 0 Å². The van der Waals surface area contributed by atoms with E-state index in [0.717, 1.165) is 18.3 Å². The summed E-state index contributed by atoms with van der Waals surface area (Å²) in [7, 11) is 0. The molecule has 2 rings (SSSR count). The number of hydrogen-bond acceptors (Lipinski definition) is 3. The van der Waals surface area contributed by atoms with E-state index in [4.69, 9.17) is 4.74 Å². The van der Waals surface area contributed by atoms with Crippen LogP contribution in [-0.4, -0.2) is 4.92 Å². The fourth-order valence-corrected chi connectivity index (χ4v) is 1.86. The van der Waals surface area contributed by atoms with Gasteiger partial charge < -0.3 is 4.74 Å². The van der Waals surface area contributed by atoms with E-state index < -0.39 is 16.7 Å². The van der Waals surface area contributed by atoms with Crippen LogP contribution in [0.5, 0.6) is 5.75 Å². The molecule has 0 aliphatic rings. The minimum atomic E-state index is -4.40. The Labute approximate surface area is 130 Å². The second kappa shape index (κ2) is 6.95. The summed E-state index contributed by atoms with van der Waals surface area (Å²) < 4.78 is 43.3. The van der Waals surface area contributed by atoms with Gasteiger partial charge >= 0.3 is 6.18 Å². The molecule has 0 spiro atoms. The second-order valence-corrected chi connectivity index (χ2v) is 4.66. The van der Waals surface area contributed by atoms with Crippen LogP contribution in [0.3, 0.4) is 0 Å². The summed E-state index contributed by atoms with van der Waals surface area (Å²) >= 11 is 0. The van der Waals surface area contributed by atoms with Crippen LogP contribution in [0.2, 0.25) is 0 Å². The normalized spacial score (nSPS) is 11.6. The van der Waals surface area contributed by atoms with Crippen molar-refractivity contribution in [3.8, 4) is 5.75 Å². The standard InChI is InChI=1S/C16H12F3NO3/c17-16(18,19)14-5-1-4-13(9-14)11-23-15-6-2-3-12(10-15)7-8-20(21)22/h1-10H,11H2/b8-7+. The lowest BCUT2D eigenvalue weighted by molar-refractivity contribution is -0.400. The van der Waals surface area contributed by atoms with Crippen molar-refractivity contribution in [2.45, 2.75) is 12.8 Å². The minimum absolute atomic E-state index is 0.0354. The third kappa shape index (κ3) is 5.14. The van der Waals surface area contributed by atoms with E-state index in [0.29, 0.717) is 16.9 Å². The van der Waals surface area contributed by atoms with Crippen LogP contribution in [0.1, 0.15) is 16.7 Å². The smallest absolute Gasteiger partial charge is 0.416 e. The van der Waals surface area contributed by atoms with Gasteiger partial charge in [-0.15, -0.1) is 0 Å². The Kier molecular flexibility index (Phi) is 5.00. The number of rotatable bonds is 5. The molecule has 0 heterocycles. The highest BCUT2D eigenvalue weighted by molar-refractivity contribution is 5.50. The van der Waals surface area contributed by atoms with Gasteiger partial charge in [0.1, 0.15) is 12.4 Å². The molecule has 0 N–H and O–H groups in total. The van der Waals surface area contributed by atoms with Crippen LogP contribution in [-0.2, 0) is 12.8 Å². The zero-order valence-electron chi connectivity index (χ0n) is 11.8. The molecule has 0 atom stereocenters. The number of nitro groups is 1. The Hall–Kier alpha value is -2.83. The van der Waals surface area contributed by atoms with Crippen LogP contribution in [0.15, 0.2) is 54.7 Å². The molecule has 0 saturated carbocycles. The Morgan fingerprint density at radius 3 is 2.57 bits per heavy atom. The Balaban J connectivity index is 2.06. The highest BCUT2D eigenvalue weighted by Crippen LogP contribution is 2.29. The molecular formula is C16H12F3NO3. The molecule has 0 aromatic heterocycles. The van der Waals surface area contributed by atoms with Crippen molar-refractivity contribution in [1.29, 1.82) is 0 Å². The molecule has 0 bridgehead atoms. The number of hydrogen-bond donors (Lipinski definition) is 0. The van der Waals surface area contributed by atoms with Gasteiger partial charge in [-0.3, -0.25) is 10.1 Å². The molecule has 23 heavy (non-hydrogen) atoms. The quantitative estimate of drug-likeness (QED) is 0.600. The van der Waals surface area contributed by atoms with Gasteiger partial charge in [-0.25, -0.2) is 0 Å². The predicted molar refractivity (Wildman–Crippen MR) is 78.2 cm³/mol. The van der Waals surface area contributed by atoms with Crippen molar-refractivity contribution >= 4 is 6.08 Å². The van der Waals surface area contributed by atoms with Gasteiger partial charge in [0.25, 0.3) is 0 Å². The van der Waals surface area contributed by atoms with Crippen molar-refractivity contribution in [3.63, 3.8) is 0 Å².